The summed E-state index contributed by atoms with van der Waals surface area (Å²) in [4.78, 5) is 15.3. The Hall–Kier alpha value is -0.730. The van der Waals surface area contributed by atoms with Crippen LogP contribution < -0.4 is 0 Å². The summed E-state index contributed by atoms with van der Waals surface area (Å²) in [5.41, 5.74) is 0. The Morgan fingerprint density at radius 2 is 2.25 bits per heavy atom. The van der Waals surface area contributed by atoms with Gasteiger partial charge in [-0.3, -0.25) is 0 Å². The Bertz CT molecular complexity index is 203. The predicted octanol–water partition coefficient (Wildman–Crippen LogP) is 1.15. The fourth-order valence-corrected chi connectivity index (χ4v) is 2.11. The Morgan fingerprint density at radius 1 is 1.50 bits per heavy atom. The number of amides is 2. The molecule has 0 unspecified atom stereocenters. The van der Waals surface area contributed by atoms with Crippen molar-refractivity contribution in [2.24, 2.45) is 5.92 Å². The highest BCUT2D eigenvalue weighted by Crippen LogP contribution is 2.43. The molecule has 2 atom stereocenters. The lowest BCUT2D eigenvalue weighted by atomic mass is 10.1. The van der Waals surface area contributed by atoms with Crippen molar-refractivity contribution in [2.75, 3.05) is 20.6 Å². The highest BCUT2D eigenvalue weighted by molar-refractivity contribution is 5.74. The van der Waals surface area contributed by atoms with Gasteiger partial charge in [-0.05, 0) is 25.2 Å². The van der Waals surface area contributed by atoms with Crippen LogP contribution in [0.5, 0.6) is 0 Å². The molecule has 68 valence electrons. The van der Waals surface area contributed by atoms with Crippen LogP contribution in [0.25, 0.3) is 0 Å². The molecule has 2 rings (SSSR count). The lowest BCUT2D eigenvalue weighted by Crippen LogP contribution is -2.43. The van der Waals surface area contributed by atoms with Crippen molar-refractivity contribution < 1.29 is 4.79 Å². The molecule has 1 saturated heterocycles. The molecule has 0 spiro atoms. The molecule has 3 heteroatoms. The number of carbonyl (C=O) groups excluding carboxylic acids is 1. The van der Waals surface area contributed by atoms with Gasteiger partial charge in [0, 0.05) is 26.7 Å². The van der Waals surface area contributed by atoms with E-state index in [0.29, 0.717) is 6.04 Å². The molecule has 1 aliphatic carbocycles. The van der Waals surface area contributed by atoms with Crippen LogP contribution >= 0.6 is 0 Å². The second-order valence-corrected chi connectivity index (χ2v) is 4.08. The monoisotopic (exact) mass is 168 g/mol. The van der Waals surface area contributed by atoms with Crippen LogP contribution in [0, 0.1) is 5.92 Å². The molecule has 0 aromatic rings. The minimum atomic E-state index is 0.196. The van der Waals surface area contributed by atoms with E-state index >= 15 is 0 Å². The van der Waals surface area contributed by atoms with Crippen LogP contribution in [-0.2, 0) is 0 Å². The van der Waals surface area contributed by atoms with Gasteiger partial charge in [0.15, 0.2) is 0 Å². The van der Waals surface area contributed by atoms with E-state index in [0.717, 1.165) is 12.5 Å². The van der Waals surface area contributed by atoms with Crippen molar-refractivity contribution in [1.82, 2.24) is 9.80 Å². The van der Waals surface area contributed by atoms with Gasteiger partial charge in [0.2, 0.25) is 0 Å². The molecule has 2 aliphatic rings. The fourth-order valence-electron chi connectivity index (χ4n) is 2.11. The van der Waals surface area contributed by atoms with Crippen LogP contribution in [0.3, 0.4) is 0 Å². The number of rotatable bonds is 0. The largest absolute Gasteiger partial charge is 0.331 e. The molecule has 0 bridgehead atoms. The van der Waals surface area contributed by atoms with Crippen LogP contribution in [0.4, 0.5) is 4.79 Å². The smallest absolute Gasteiger partial charge is 0.319 e. The summed E-state index contributed by atoms with van der Waals surface area (Å²) in [6, 6.07) is 0.788. The molecule has 0 N–H and O–H groups in total. The molecule has 0 aromatic carbocycles. The molecule has 1 saturated carbocycles. The van der Waals surface area contributed by atoms with E-state index in [1.165, 1.54) is 19.3 Å². The number of hydrogen-bond acceptors (Lipinski definition) is 1. The third-order valence-electron chi connectivity index (χ3n) is 2.89. The molecule has 0 radical (unpaired) electrons. The molecule has 12 heavy (non-hydrogen) atoms. The first-order valence-corrected chi connectivity index (χ1v) is 4.68. The molecule has 1 heterocycles. The number of fused-ring (bicyclic) bond motifs is 1. The lowest BCUT2D eigenvalue weighted by Gasteiger charge is -2.29. The molecule has 2 amide bonds. The van der Waals surface area contributed by atoms with E-state index in [2.05, 4.69) is 0 Å². The normalized spacial score (nSPS) is 32.7. The number of urea groups is 1. The van der Waals surface area contributed by atoms with Crippen molar-refractivity contribution in [3.05, 3.63) is 0 Å². The van der Waals surface area contributed by atoms with Gasteiger partial charge in [0.05, 0.1) is 0 Å². The molecular weight excluding hydrogens is 152 g/mol. The Balaban J connectivity index is 1.99. The maximum atomic E-state index is 11.6. The second kappa shape index (κ2) is 2.64. The standard InChI is InChI=1S/C9H16N2O/c1-10(2)9(12)11-5-3-4-7-6-8(7)11/h7-8H,3-6H2,1-2H3/t7-,8+/m1/s1. The third kappa shape index (κ3) is 1.17. The summed E-state index contributed by atoms with van der Waals surface area (Å²) in [7, 11) is 3.66. The summed E-state index contributed by atoms with van der Waals surface area (Å²) in [5, 5.41) is 0. The van der Waals surface area contributed by atoms with Crippen LogP contribution in [-0.4, -0.2) is 42.5 Å². The number of piperidine rings is 1. The van der Waals surface area contributed by atoms with Gasteiger partial charge in [-0.1, -0.05) is 0 Å². The lowest BCUT2D eigenvalue weighted by molar-refractivity contribution is 0.156. The van der Waals surface area contributed by atoms with Gasteiger partial charge in [-0.2, -0.15) is 0 Å². The minimum absolute atomic E-state index is 0.196. The summed E-state index contributed by atoms with van der Waals surface area (Å²) in [5.74, 6) is 0.836. The maximum absolute atomic E-state index is 11.6. The van der Waals surface area contributed by atoms with Crippen molar-refractivity contribution in [3.63, 3.8) is 0 Å². The highest BCUT2D eigenvalue weighted by Gasteiger charge is 2.46. The van der Waals surface area contributed by atoms with E-state index < -0.39 is 0 Å². The Morgan fingerprint density at radius 3 is 2.92 bits per heavy atom. The van der Waals surface area contributed by atoms with Gasteiger partial charge in [-0.15, -0.1) is 0 Å². The first-order chi connectivity index (χ1) is 5.70. The van der Waals surface area contributed by atoms with Gasteiger partial charge in [0.25, 0.3) is 0 Å². The minimum Gasteiger partial charge on any atom is -0.331 e. The van der Waals surface area contributed by atoms with Crippen LogP contribution in [0.15, 0.2) is 0 Å². The summed E-state index contributed by atoms with van der Waals surface area (Å²) in [6.07, 6.45) is 3.78. The molecule has 2 fully saturated rings. The van der Waals surface area contributed by atoms with Gasteiger partial charge in [-0.25, -0.2) is 4.79 Å². The van der Waals surface area contributed by atoms with Crippen molar-refractivity contribution >= 4 is 6.03 Å². The van der Waals surface area contributed by atoms with E-state index in [4.69, 9.17) is 0 Å². The zero-order valence-electron chi connectivity index (χ0n) is 7.79. The van der Waals surface area contributed by atoms with Crippen LogP contribution in [0.1, 0.15) is 19.3 Å². The van der Waals surface area contributed by atoms with E-state index in [9.17, 15) is 4.79 Å². The van der Waals surface area contributed by atoms with E-state index in [1.807, 2.05) is 19.0 Å². The van der Waals surface area contributed by atoms with Crippen molar-refractivity contribution in [2.45, 2.75) is 25.3 Å². The first kappa shape index (κ1) is 7.90. The van der Waals surface area contributed by atoms with E-state index in [1.54, 1.807) is 4.90 Å². The molecule has 3 nitrogen and oxygen atoms in total. The molecule has 0 aromatic heterocycles. The van der Waals surface area contributed by atoms with Gasteiger partial charge < -0.3 is 9.80 Å². The zero-order valence-corrected chi connectivity index (χ0v) is 7.79. The predicted molar refractivity (Wildman–Crippen MR) is 46.9 cm³/mol. The summed E-state index contributed by atoms with van der Waals surface area (Å²) < 4.78 is 0. The quantitative estimate of drug-likeness (QED) is 0.532. The Labute approximate surface area is 73.3 Å². The van der Waals surface area contributed by atoms with Gasteiger partial charge in [0.1, 0.15) is 0 Å². The Kier molecular flexibility index (Phi) is 1.74. The SMILES string of the molecule is CN(C)C(=O)N1CCC[C@@H]2C[C@@H]21. The summed E-state index contributed by atoms with van der Waals surface area (Å²) in [6.45, 7) is 0.970. The average Bonchev–Trinajstić information content (AvgIpc) is 2.80. The second-order valence-electron chi connectivity index (χ2n) is 4.08. The first-order valence-electron chi connectivity index (χ1n) is 4.68. The summed E-state index contributed by atoms with van der Waals surface area (Å²) >= 11 is 0. The average molecular weight is 168 g/mol. The zero-order chi connectivity index (χ0) is 8.72. The maximum Gasteiger partial charge on any atom is 0.319 e. The topological polar surface area (TPSA) is 23.6 Å². The molecule has 1 aliphatic heterocycles. The number of hydrogen-bond donors (Lipinski definition) is 0. The number of nitrogens with zero attached hydrogens (tertiary/aromatic N) is 2. The van der Waals surface area contributed by atoms with Gasteiger partial charge >= 0.3 is 6.03 Å². The van der Waals surface area contributed by atoms with Crippen molar-refractivity contribution in [3.8, 4) is 0 Å². The van der Waals surface area contributed by atoms with Crippen molar-refractivity contribution in [1.29, 1.82) is 0 Å². The number of likely N-dealkylation sites (tertiary alicyclic amines) is 1. The fraction of sp³-hybridized carbons (Fsp3) is 0.889. The van der Waals surface area contributed by atoms with E-state index in [-0.39, 0.29) is 6.03 Å². The third-order valence-corrected chi connectivity index (χ3v) is 2.89. The molecular formula is C9H16N2O. The highest BCUT2D eigenvalue weighted by atomic mass is 16.2. The van der Waals surface area contributed by atoms with Crippen LogP contribution in [0.2, 0.25) is 0 Å². The number of carbonyl (C=O) groups is 1.